The Kier molecular flexibility index (Phi) is 17.9. The first-order valence-corrected chi connectivity index (χ1v) is 14.3. The molecule has 0 saturated carbocycles. The summed E-state index contributed by atoms with van der Waals surface area (Å²) in [6.45, 7) is 5.73. The Morgan fingerprint density at radius 3 is 2.12 bits per heavy atom. The van der Waals surface area contributed by atoms with E-state index in [-0.39, 0.29) is 19.0 Å². The van der Waals surface area contributed by atoms with E-state index in [4.69, 9.17) is 29.2 Å². The van der Waals surface area contributed by atoms with Gasteiger partial charge in [0.05, 0.1) is 19.2 Å². The van der Waals surface area contributed by atoms with Crippen molar-refractivity contribution < 1.29 is 42.9 Å². The summed E-state index contributed by atoms with van der Waals surface area (Å²) >= 11 is 0. The molecule has 0 saturated heterocycles. The van der Waals surface area contributed by atoms with Crippen LogP contribution in [0.5, 0.6) is 0 Å². The van der Waals surface area contributed by atoms with Gasteiger partial charge >= 0.3 is 17.9 Å². The third kappa shape index (κ3) is 14.2. The van der Waals surface area contributed by atoms with E-state index in [1.165, 1.54) is 65.4 Å². The third-order valence-electron chi connectivity index (χ3n) is 6.52. The summed E-state index contributed by atoms with van der Waals surface area (Å²) in [4.78, 5) is 51.0. The number of carbonyl (C=O) groups is 4. The van der Waals surface area contributed by atoms with Crippen molar-refractivity contribution in [3.8, 4) is 0 Å². The van der Waals surface area contributed by atoms with Crippen LogP contribution < -0.4 is 5.32 Å². The van der Waals surface area contributed by atoms with E-state index in [1.807, 2.05) is 0 Å². The third-order valence-corrected chi connectivity index (χ3v) is 6.52. The minimum atomic E-state index is -1.18. The second-order valence-corrected chi connectivity index (χ2v) is 9.99. The van der Waals surface area contributed by atoms with Crippen LogP contribution in [0.2, 0.25) is 0 Å². The molecular weight excluding hydrogens is 536 g/mol. The lowest BCUT2D eigenvalue weighted by Crippen LogP contribution is -2.60. The topological polar surface area (TPSA) is 175 Å². The number of unbranched alkanes of at least 4 members (excludes halogenated alkanes) is 9. The van der Waals surface area contributed by atoms with Crippen LogP contribution in [-0.4, -0.2) is 74.5 Å². The van der Waals surface area contributed by atoms with Gasteiger partial charge in [0.15, 0.2) is 6.10 Å². The summed E-state index contributed by atoms with van der Waals surface area (Å²) in [7, 11) is 1.16. The standard InChI is InChI=1S/C28H46N4O9/c1-6-7-8-9-10-11-12-13-14-15-16-38-26(24(40-21(4)35)18-39-20(3)34)27-25(30-19(2)33)22(31-32-29)17-23(41-27)28(36)37-5/h17,22,24-27H,6-16,18H2,1-5H3,(H,30,33)/t22-,24+,25+,26+,27+/m0/s1. The van der Waals surface area contributed by atoms with E-state index in [0.29, 0.717) is 6.42 Å². The molecular formula is C28H46N4O9. The highest BCUT2D eigenvalue weighted by atomic mass is 16.6. The van der Waals surface area contributed by atoms with Crippen LogP contribution in [-0.2, 0) is 42.9 Å². The van der Waals surface area contributed by atoms with E-state index in [2.05, 4.69) is 22.3 Å². The van der Waals surface area contributed by atoms with Crippen molar-refractivity contribution in [2.75, 3.05) is 20.3 Å². The minimum absolute atomic E-state index is 0.231. The predicted molar refractivity (Wildman–Crippen MR) is 149 cm³/mol. The van der Waals surface area contributed by atoms with Crippen LogP contribution in [0.1, 0.15) is 91.9 Å². The van der Waals surface area contributed by atoms with Crippen molar-refractivity contribution in [3.63, 3.8) is 0 Å². The van der Waals surface area contributed by atoms with Gasteiger partial charge in [0.1, 0.15) is 18.8 Å². The van der Waals surface area contributed by atoms with Crippen LogP contribution >= 0.6 is 0 Å². The zero-order chi connectivity index (χ0) is 30.6. The van der Waals surface area contributed by atoms with Gasteiger partial charge in [-0.2, -0.15) is 0 Å². The normalized spacial score (nSPS) is 19.4. The fourth-order valence-corrected chi connectivity index (χ4v) is 4.60. The van der Waals surface area contributed by atoms with E-state index < -0.39 is 54.2 Å². The minimum Gasteiger partial charge on any atom is -0.478 e. The second kappa shape index (κ2) is 20.5. The summed E-state index contributed by atoms with van der Waals surface area (Å²) in [5.74, 6) is -2.85. The van der Waals surface area contributed by atoms with Crippen molar-refractivity contribution in [2.45, 2.75) is 122 Å². The zero-order valence-electron chi connectivity index (χ0n) is 25.0. The number of esters is 3. The molecule has 13 nitrogen and oxygen atoms in total. The monoisotopic (exact) mass is 582 g/mol. The summed E-state index contributed by atoms with van der Waals surface area (Å²) in [6.07, 6.45) is 8.96. The van der Waals surface area contributed by atoms with Crippen molar-refractivity contribution in [1.29, 1.82) is 0 Å². The number of hydrogen-bond acceptors (Lipinski definition) is 10. The molecule has 1 heterocycles. The van der Waals surface area contributed by atoms with Crippen molar-refractivity contribution in [1.82, 2.24) is 5.32 Å². The number of amides is 1. The molecule has 0 aromatic rings. The molecule has 232 valence electrons. The molecule has 1 aliphatic heterocycles. The fraction of sp³-hybridized carbons (Fsp3) is 0.786. The van der Waals surface area contributed by atoms with Crippen LogP contribution in [0.15, 0.2) is 16.9 Å². The lowest BCUT2D eigenvalue weighted by atomic mass is 9.92. The Hall–Kier alpha value is -3.31. The molecule has 13 heteroatoms. The molecule has 41 heavy (non-hydrogen) atoms. The van der Waals surface area contributed by atoms with Gasteiger partial charge in [-0.1, -0.05) is 69.8 Å². The molecule has 0 aliphatic carbocycles. The molecule has 0 aromatic heterocycles. The SMILES string of the molecule is CCCCCCCCCCCCO[C@@H]([C@@H]1OC(C(=O)OC)=C[C@H](N=[N+]=[N-])[C@H]1NC(C)=O)[C@@H](COC(C)=O)OC(C)=O. The molecule has 0 spiro atoms. The number of hydrogen-bond donors (Lipinski definition) is 1. The van der Waals surface area contributed by atoms with E-state index in [1.54, 1.807) is 0 Å². The van der Waals surface area contributed by atoms with Crippen molar-refractivity contribution >= 4 is 23.8 Å². The van der Waals surface area contributed by atoms with Gasteiger partial charge in [-0.25, -0.2) is 4.79 Å². The summed E-state index contributed by atoms with van der Waals surface area (Å²) < 4.78 is 27.5. The van der Waals surface area contributed by atoms with Crippen molar-refractivity contribution in [2.24, 2.45) is 5.11 Å². The smallest absolute Gasteiger partial charge is 0.372 e. The largest absolute Gasteiger partial charge is 0.478 e. The van der Waals surface area contributed by atoms with E-state index in [0.717, 1.165) is 26.4 Å². The molecule has 0 fully saturated rings. The molecule has 1 aliphatic rings. The fourth-order valence-electron chi connectivity index (χ4n) is 4.60. The first-order valence-electron chi connectivity index (χ1n) is 14.3. The van der Waals surface area contributed by atoms with Crippen LogP contribution in [0.3, 0.4) is 0 Å². The number of azide groups is 1. The lowest BCUT2D eigenvalue weighted by molar-refractivity contribution is -0.182. The first kappa shape index (κ1) is 35.7. The first-order chi connectivity index (χ1) is 19.6. The summed E-state index contributed by atoms with van der Waals surface area (Å²) in [5.41, 5.74) is 9.17. The highest BCUT2D eigenvalue weighted by molar-refractivity contribution is 5.86. The van der Waals surface area contributed by atoms with Crippen LogP contribution in [0.25, 0.3) is 10.4 Å². The Morgan fingerprint density at radius 2 is 1.61 bits per heavy atom. The molecule has 0 aromatic carbocycles. The molecule has 0 bridgehead atoms. The van der Waals surface area contributed by atoms with E-state index in [9.17, 15) is 19.2 Å². The maximum atomic E-state index is 12.4. The number of nitrogens with zero attached hydrogens (tertiary/aromatic N) is 3. The Morgan fingerprint density at radius 1 is 1.00 bits per heavy atom. The number of methoxy groups -OCH3 is 1. The molecule has 0 radical (unpaired) electrons. The Balaban J connectivity index is 3.14. The average molecular weight is 583 g/mol. The lowest BCUT2D eigenvalue weighted by Gasteiger charge is -2.41. The van der Waals surface area contributed by atoms with Gasteiger partial charge in [-0.15, -0.1) is 0 Å². The van der Waals surface area contributed by atoms with Gasteiger partial charge in [-0.3, -0.25) is 14.4 Å². The van der Waals surface area contributed by atoms with Gasteiger partial charge in [0, 0.05) is 32.3 Å². The second-order valence-electron chi connectivity index (χ2n) is 9.99. The van der Waals surface area contributed by atoms with Gasteiger partial charge in [0.25, 0.3) is 0 Å². The number of ether oxygens (including phenoxy) is 5. The summed E-state index contributed by atoms with van der Waals surface area (Å²) in [6, 6.07) is -2.07. The predicted octanol–water partition coefficient (Wildman–Crippen LogP) is 4.43. The van der Waals surface area contributed by atoms with Gasteiger partial charge in [-0.05, 0) is 18.0 Å². The average Bonchev–Trinajstić information content (AvgIpc) is 2.92. The number of rotatable bonds is 20. The summed E-state index contributed by atoms with van der Waals surface area (Å²) in [5, 5.41) is 6.41. The van der Waals surface area contributed by atoms with E-state index >= 15 is 0 Å². The van der Waals surface area contributed by atoms with Gasteiger partial charge in [0.2, 0.25) is 11.7 Å². The molecule has 0 unspecified atom stereocenters. The maximum absolute atomic E-state index is 12.4. The highest BCUT2D eigenvalue weighted by Gasteiger charge is 2.46. The molecule has 1 amide bonds. The number of nitrogens with one attached hydrogen (secondary N) is 1. The van der Waals surface area contributed by atoms with Crippen LogP contribution in [0, 0.1) is 0 Å². The molecule has 1 N–H and O–H groups in total. The van der Waals surface area contributed by atoms with Crippen LogP contribution in [0.4, 0.5) is 0 Å². The Labute approximate surface area is 242 Å². The number of carbonyl (C=O) groups excluding carboxylic acids is 4. The molecule has 1 rings (SSSR count). The zero-order valence-corrected chi connectivity index (χ0v) is 25.0. The Bertz CT molecular complexity index is 920. The highest BCUT2D eigenvalue weighted by Crippen LogP contribution is 2.28. The molecule has 5 atom stereocenters. The maximum Gasteiger partial charge on any atom is 0.372 e. The van der Waals surface area contributed by atoms with Gasteiger partial charge < -0.3 is 29.0 Å². The van der Waals surface area contributed by atoms with Crippen molar-refractivity contribution in [3.05, 3.63) is 22.3 Å². The quantitative estimate of drug-likeness (QED) is 0.0543.